The van der Waals surface area contributed by atoms with E-state index in [0.717, 1.165) is 24.1 Å². The van der Waals surface area contributed by atoms with Crippen molar-refractivity contribution >= 4 is 17.6 Å². The molecule has 2 unspecified atom stereocenters. The van der Waals surface area contributed by atoms with E-state index < -0.39 is 17.8 Å². The lowest BCUT2D eigenvalue weighted by atomic mass is 9.92. The first-order valence-electron chi connectivity index (χ1n) is 7.06. The Kier molecular flexibility index (Phi) is 4.12. The lowest BCUT2D eigenvalue weighted by molar-refractivity contribution is -0.145. The molecule has 1 aliphatic rings. The topological polar surface area (TPSA) is 57.6 Å². The molecule has 4 nitrogen and oxygen atoms in total. The summed E-state index contributed by atoms with van der Waals surface area (Å²) in [5.41, 5.74) is 3.23. The van der Waals surface area contributed by atoms with E-state index in [0.29, 0.717) is 6.54 Å². The maximum Gasteiger partial charge on any atom is 0.307 e. The predicted molar refractivity (Wildman–Crippen MR) is 77.8 cm³/mol. The SMILES string of the molecule is Cc1cccc2c1N(C(=O)C(C)C(C)C(=O)O)CCC2. The normalized spacial score (nSPS) is 17.2. The number of carboxylic acids is 1. The van der Waals surface area contributed by atoms with Crippen LogP contribution in [0.2, 0.25) is 0 Å². The van der Waals surface area contributed by atoms with Crippen molar-refractivity contribution in [2.75, 3.05) is 11.4 Å². The van der Waals surface area contributed by atoms with E-state index in [1.54, 1.807) is 18.7 Å². The maximum atomic E-state index is 12.6. The van der Waals surface area contributed by atoms with Gasteiger partial charge in [0.15, 0.2) is 0 Å². The number of para-hydroxylation sites is 1. The number of benzene rings is 1. The Hall–Kier alpha value is -1.84. The molecule has 4 heteroatoms. The molecule has 0 saturated heterocycles. The number of nitrogens with zero attached hydrogens (tertiary/aromatic N) is 1. The van der Waals surface area contributed by atoms with Crippen molar-refractivity contribution in [1.29, 1.82) is 0 Å². The fourth-order valence-electron chi connectivity index (χ4n) is 2.74. The molecule has 0 bridgehead atoms. The third-order valence-electron chi connectivity index (χ3n) is 4.21. The fraction of sp³-hybridized carbons (Fsp3) is 0.500. The Morgan fingerprint density at radius 2 is 1.95 bits per heavy atom. The van der Waals surface area contributed by atoms with E-state index in [9.17, 15) is 9.59 Å². The summed E-state index contributed by atoms with van der Waals surface area (Å²) < 4.78 is 0. The van der Waals surface area contributed by atoms with Crippen molar-refractivity contribution in [3.63, 3.8) is 0 Å². The number of amides is 1. The van der Waals surface area contributed by atoms with Crippen LogP contribution in [0.3, 0.4) is 0 Å². The van der Waals surface area contributed by atoms with Gasteiger partial charge in [0.25, 0.3) is 0 Å². The summed E-state index contributed by atoms with van der Waals surface area (Å²) in [5, 5.41) is 9.08. The van der Waals surface area contributed by atoms with Crippen LogP contribution in [0.25, 0.3) is 0 Å². The van der Waals surface area contributed by atoms with Gasteiger partial charge in [0.1, 0.15) is 0 Å². The van der Waals surface area contributed by atoms with Gasteiger partial charge in [-0.25, -0.2) is 0 Å². The molecule has 0 aromatic heterocycles. The number of hydrogen-bond acceptors (Lipinski definition) is 2. The van der Waals surface area contributed by atoms with Gasteiger partial charge < -0.3 is 10.0 Å². The average Bonchev–Trinajstić information content (AvgIpc) is 2.44. The standard InChI is InChI=1S/C16H21NO3/c1-10-6-4-7-13-8-5-9-17(14(10)13)15(18)11(2)12(3)16(19)20/h4,6-7,11-12H,5,8-9H2,1-3H3,(H,19,20). The van der Waals surface area contributed by atoms with Crippen LogP contribution in [-0.2, 0) is 16.0 Å². The second-order valence-corrected chi connectivity index (χ2v) is 5.59. The third-order valence-corrected chi connectivity index (χ3v) is 4.21. The van der Waals surface area contributed by atoms with Crippen LogP contribution in [0.5, 0.6) is 0 Å². The van der Waals surface area contributed by atoms with Crippen LogP contribution < -0.4 is 4.90 Å². The molecule has 0 saturated carbocycles. The summed E-state index contributed by atoms with van der Waals surface area (Å²) in [6.07, 6.45) is 1.90. The minimum absolute atomic E-state index is 0.0878. The molecule has 2 rings (SSSR count). The van der Waals surface area contributed by atoms with Crippen molar-refractivity contribution < 1.29 is 14.7 Å². The van der Waals surface area contributed by atoms with Crippen LogP contribution in [0.15, 0.2) is 18.2 Å². The number of rotatable bonds is 3. The second-order valence-electron chi connectivity index (χ2n) is 5.59. The molecular weight excluding hydrogens is 254 g/mol. The van der Waals surface area contributed by atoms with Gasteiger partial charge in [-0.2, -0.15) is 0 Å². The monoisotopic (exact) mass is 275 g/mol. The highest BCUT2D eigenvalue weighted by Gasteiger charge is 2.32. The second kappa shape index (κ2) is 5.65. The van der Waals surface area contributed by atoms with Gasteiger partial charge in [0.2, 0.25) is 5.91 Å². The molecule has 0 radical (unpaired) electrons. The van der Waals surface area contributed by atoms with Gasteiger partial charge in [0.05, 0.1) is 5.92 Å². The molecule has 1 amide bonds. The molecule has 2 atom stereocenters. The van der Waals surface area contributed by atoms with Gasteiger partial charge in [0, 0.05) is 18.2 Å². The molecule has 20 heavy (non-hydrogen) atoms. The number of aliphatic carboxylic acids is 1. The summed E-state index contributed by atoms with van der Waals surface area (Å²) >= 11 is 0. The summed E-state index contributed by atoms with van der Waals surface area (Å²) in [6, 6.07) is 6.05. The van der Waals surface area contributed by atoms with Crippen LogP contribution in [0.4, 0.5) is 5.69 Å². The smallest absolute Gasteiger partial charge is 0.307 e. The zero-order valence-electron chi connectivity index (χ0n) is 12.2. The first-order valence-corrected chi connectivity index (χ1v) is 7.06. The van der Waals surface area contributed by atoms with Gasteiger partial charge >= 0.3 is 5.97 Å². The zero-order chi connectivity index (χ0) is 14.9. The lowest BCUT2D eigenvalue weighted by Crippen LogP contribution is -2.42. The van der Waals surface area contributed by atoms with Crippen molar-refractivity contribution in [2.45, 2.75) is 33.6 Å². The highest BCUT2D eigenvalue weighted by molar-refractivity contribution is 5.98. The van der Waals surface area contributed by atoms with Gasteiger partial charge in [-0.3, -0.25) is 9.59 Å². The minimum atomic E-state index is -0.923. The van der Waals surface area contributed by atoms with Crippen LogP contribution >= 0.6 is 0 Å². The summed E-state index contributed by atoms with van der Waals surface area (Å²) in [5.74, 6) is -2.20. The van der Waals surface area contributed by atoms with Crippen molar-refractivity contribution in [3.8, 4) is 0 Å². The van der Waals surface area contributed by atoms with Crippen LogP contribution in [-0.4, -0.2) is 23.5 Å². The number of carboxylic acid groups (broad SMARTS) is 1. The van der Waals surface area contributed by atoms with E-state index >= 15 is 0 Å². The minimum Gasteiger partial charge on any atom is -0.481 e. The molecule has 1 aromatic carbocycles. The van der Waals surface area contributed by atoms with E-state index in [1.807, 2.05) is 25.1 Å². The predicted octanol–water partition coefficient (Wildman–Crippen LogP) is 2.63. The largest absolute Gasteiger partial charge is 0.481 e. The molecular formula is C16H21NO3. The lowest BCUT2D eigenvalue weighted by Gasteiger charge is -2.33. The summed E-state index contributed by atoms with van der Waals surface area (Å²) in [4.78, 5) is 25.5. The summed E-state index contributed by atoms with van der Waals surface area (Å²) in [7, 11) is 0. The van der Waals surface area contributed by atoms with Crippen LogP contribution in [0.1, 0.15) is 31.4 Å². The van der Waals surface area contributed by atoms with E-state index in [1.165, 1.54) is 5.56 Å². The van der Waals surface area contributed by atoms with Crippen molar-refractivity contribution in [3.05, 3.63) is 29.3 Å². The Bertz CT molecular complexity index is 539. The molecule has 1 heterocycles. The Labute approximate surface area is 119 Å². The highest BCUT2D eigenvalue weighted by atomic mass is 16.4. The molecule has 0 aliphatic carbocycles. The number of anilines is 1. The molecule has 1 aliphatic heterocycles. The Morgan fingerprint density at radius 1 is 1.25 bits per heavy atom. The van der Waals surface area contributed by atoms with E-state index in [4.69, 9.17) is 5.11 Å². The zero-order valence-corrected chi connectivity index (χ0v) is 12.2. The Morgan fingerprint density at radius 3 is 2.60 bits per heavy atom. The van der Waals surface area contributed by atoms with Gasteiger partial charge in [-0.1, -0.05) is 32.0 Å². The quantitative estimate of drug-likeness (QED) is 0.922. The fourth-order valence-corrected chi connectivity index (χ4v) is 2.74. The number of carbonyl (C=O) groups is 2. The number of aryl methyl sites for hydroxylation is 2. The first-order chi connectivity index (χ1) is 9.43. The number of fused-ring (bicyclic) bond motifs is 1. The van der Waals surface area contributed by atoms with Gasteiger partial charge in [-0.15, -0.1) is 0 Å². The third kappa shape index (κ3) is 2.55. The molecule has 0 fully saturated rings. The molecule has 108 valence electrons. The van der Waals surface area contributed by atoms with Crippen LogP contribution in [0, 0.1) is 18.8 Å². The van der Waals surface area contributed by atoms with E-state index in [2.05, 4.69) is 0 Å². The average molecular weight is 275 g/mol. The number of carbonyl (C=O) groups excluding carboxylic acids is 1. The molecule has 0 spiro atoms. The molecule has 1 N–H and O–H groups in total. The van der Waals surface area contributed by atoms with Gasteiger partial charge in [-0.05, 0) is 30.9 Å². The Balaban J connectivity index is 2.32. The first kappa shape index (κ1) is 14.6. The highest BCUT2D eigenvalue weighted by Crippen LogP contribution is 2.32. The maximum absolute atomic E-state index is 12.6. The number of hydrogen-bond donors (Lipinski definition) is 1. The summed E-state index contributed by atoms with van der Waals surface area (Å²) in [6.45, 7) is 5.96. The van der Waals surface area contributed by atoms with E-state index in [-0.39, 0.29) is 5.91 Å². The van der Waals surface area contributed by atoms with Crippen molar-refractivity contribution in [1.82, 2.24) is 0 Å². The van der Waals surface area contributed by atoms with Crippen molar-refractivity contribution in [2.24, 2.45) is 11.8 Å². The molecule has 1 aromatic rings.